The second-order valence-electron chi connectivity index (χ2n) is 5.39. The summed E-state index contributed by atoms with van der Waals surface area (Å²) in [6.45, 7) is 0. The van der Waals surface area contributed by atoms with Crippen molar-refractivity contribution in [3.8, 4) is 11.5 Å². The van der Waals surface area contributed by atoms with Gasteiger partial charge < -0.3 is 20.1 Å². The van der Waals surface area contributed by atoms with Crippen LogP contribution in [0.5, 0.6) is 11.5 Å². The highest BCUT2D eigenvalue weighted by molar-refractivity contribution is 6.04. The van der Waals surface area contributed by atoms with E-state index in [1.807, 2.05) is 0 Å². The van der Waals surface area contributed by atoms with Crippen LogP contribution in [0.2, 0.25) is 0 Å². The van der Waals surface area contributed by atoms with Gasteiger partial charge in [0.15, 0.2) is 0 Å². The van der Waals surface area contributed by atoms with E-state index >= 15 is 0 Å². The summed E-state index contributed by atoms with van der Waals surface area (Å²) >= 11 is 0. The highest BCUT2D eigenvalue weighted by atomic mass is 19.1. The minimum Gasteiger partial charge on any atom is -0.497 e. The van der Waals surface area contributed by atoms with Crippen LogP contribution in [0.25, 0.3) is 0 Å². The molecule has 1 heterocycles. The Morgan fingerprint density at radius 1 is 1.04 bits per heavy atom. The van der Waals surface area contributed by atoms with Crippen LogP contribution in [0.15, 0.2) is 54.7 Å². The number of halogens is 1. The molecular weight excluding hydrogens is 351 g/mol. The fraction of sp³-hybridized carbons (Fsp3) is 0.105. The van der Waals surface area contributed by atoms with Crippen molar-refractivity contribution in [2.75, 3.05) is 24.9 Å². The van der Waals surface area contributed by atoms with Crippen LogP contribution in [-0.2, 0) is 0 Å². The number of aromatic nitrogens is 2. The lowest BCUT2D eigenvalue weighted by Gasteiger charge is -2.12. The zero-order valence-corrected chi connectivity index (χ0v) is 14.7. The maximum atomic E-state index is 13.8. The highest BCUT2D eigenvalue weighted by Gasteiger charge is 2.13. The number of nitrogens with zero attached hydrogens (tertiary/aromatic N) is 2. The third kappa shape index (κ3) is 4.30. The van der Waals surface area contributed by atoms with E-state index < -0.39 is 11.7 Å². The molecule has 0 fully saturated rings. The maximum absolute atomic E-state index is 13.8. The predicted molar refractivity (Wildman–Crippen MR) is 99.2 cm³/mol. The zero-order chi connectivity index (χ0) is 19.2. The molecule has 0 aliphatic rings. The number of ether oxygens (including phenoxy) is 2. The fourth-order valence-corrected chi connectivity index (χ4v) is 2.33. The molecule has 0 spiro atoms. The standard InChI is InChI=1S/C19H17FN4O3/c1-26-12-7-8-17(27-2)16(11-12)22-18(25)15-9-10-21-19(24-15)23-14-6-4-3-5-13(14)20/h3-11H,1-2H3,(H,22,25)(H,21,23,24). The number of hydrogen-bond donors (Lipinski definition) is 2. The summed E-state index contributed by atoms with van der Waals surface area (Å²) in [6.07, 6.45) is 1.41. The van der Waals surface area contributed by atoms with E-state index in [9.17, 15) is 9.18 Å². The first-order valence-electron chi connectivity index (χ1n) is 7.98. The summed E-state index contributed by atoms with van der Waals surface area (Å²) in [4.78, 5) is 20.7. The number of amides is 1. The Balaban J connectivity index is 1.81. The first-order chi connectivity index (χ1) is 13.1. The molecule has 3 aromatic rings. The topological polar surface area (TPSA) is 85.4 Å². The van der Waals surface area contributed by atoms with Crippen LogP contribution in [0.1, 0.15) is 10.5 Å². The molecule has 138 valence electrons. The number of benzene rings is 2. The number of carbonyl (C=O) groups is 1. The van der Waals surface area contributed by atoms with Gasteiger partial charge in [0.05, 0.1) is 25.6 Å². The molecule has 7 nitrogen and oxygen atoms in total. The molecule has 27 heavy (non-hydrogen) atoms. The van der Waals surface area contributed by atoms with Gasteiger partial charge in [0.2, 0.25) is 5.95 Å². The number of rotatable bonds is 6. The Bertz CT molecular complexity index is 965. The van der Waals surface area contributed by atoms with Crippen molar-refractivity contribution < 1.29 is 18.7 Å². The van der Waals surface area contributed by atoms with Crippen molar-refractivity contribution in [2.45, 2.75) is 0 Å². The molecule has 2 aromatic carbocycles. The lowest BCUT2D eigenvalue weighted by atomic mass is 10.2. The number of anilines is 3. The van der Waals surface area contributed by atoms with Gasteiger partial charge in [0, 0.05) is 12.3 Å². The van der Waals surface area contributed by atoms with Crippen molar-refractivity contribution in [1.82, 2.24) is 9.97 Å². The second-order valence-corrected chi connectivity index (χ2v) is 5.39. The average Bonchev–Trinajstić information content (AvgIpc) is 2.70. The van der Waals surface area contributed by atoms with E-state index in [0.29, 0.717) is 17.2 Å². The Labute approximate surface area is 155 Å². The van der Waals surface area contributed by atoms with Gasteiger partial charge in [0.25, 0.3) is 5.91 Å². The summed E-state index contributed by atoms with van der Waals surface area (Å²) in [5.74, 6) is 0.224. The normalized spacial score (nSPS) is 10.2. The van der Waals surface area contributed by atoms with Gasteiger partial charge in [-0.05, 0) is 30.3 Å². The molecule has 0 saturated heterocycles. The van der Waals surface area contributed by atoms with E-state index in [0.717, 1.165) is 0 Å². The first kappa shape index (κ1) is 18.1. The summed E-state index contributed by atoms with van der Waals surface area (Å²) < 4.78 is 24.2. The molecule has 0 saturated carbocycles. The monoisotopic (exact) mass is 368 g/mol. The Morgan fingerprint density at radius 2 is 1.85 bits per heavy atom. The van der Waals surface area contributed by atoms with Crippen LogP contribution in [0, 0.1) is 5.82 Å². The van der Waals surface area contributed by atoms with Gasteiger partial charge in [0.1, 0.15) is 23.0 Å². The summed E-state index contributed by atoms with van der Waals surface area (Å²) in [5, 5.41) is 5.47. The van der Waals surface area contributed by atoms with E-state index in [2.05, 4.69) is 20.6 Å². The quantitative estimate of drug-likeness (QED) is 0.691. The van der Waals surface area contributed by atoms with E-state index in [-0.39, 0.29) is 17.3 Å². The van der Waals surface area contributed by atoms with Crippen LogP contribution in [-0.4, -0.2) is 30.1 Å². The van der Waals surface area contributed by atoms with Crippen LogP contribution in [0.3, 0.4) is 0 Å². The molecule has 0 aliphatic carbocycles. The predicted octanol–water partition coefficient (Wildman–Crippen LogP) is 3.63. The average molecular weight is 368 g/mol. The molecule has 0 atom stereocenters. The lowest BCUT2D eigenvalue weighted by molar-refractivity contribution is 0.102. The smallest absolute Gasteiger partial charge is 0.274 e. The lowest BCUT2D eigenvalue weighted by Crippen LogP contribution is -2.15. The third-order valence-electron chi connectivity index (χ3n) is 3.66. The summed E-state index contributed by atoms with van der Waals surface area (Å²) in [7, 11) is 3.02. The molecule has 3 rings (SSSR count). The number of methoxy groups -OCH3 is 2. The molecule has 2 N–H and O–H groups in total. The minimum absolute atomic E-state index is 0.102. The Hall–Kier alpha value is -3.68. The van der Waals surface area contributed by atoms with Crippen molar-refractivity contribution in [2.24, 2.45) is 0 Å². The molecular formula is C19H17FN4O3. The van der Waals surface area contributed by atoms with Gasteiger partial charge in [-0.1, -0.05) is 12.1 Å². The van der Waals surface area contributed by atoms with Gasteiger partial charge in [-0.15, -0.1) is 0 Å². The summed E-state index contributed by atoms with van der Waals surface area (Å²) in [5.41, 5.74) is 0.752. The number of para-hydroxylation sites is 1. The fourth-order valence-electron chi connectivity index (χ4n) is 2.33. The third-order valence-corrected chi connectivity index (χ3v) is 3.66. The Kier molecular flexibility index (Phi) is 5.46. The van der Waals surface area contributed by atoms with Gasteiger partial charge in [-0.25, -0.2) is 14.4 Å². The second kappa shape index (κ2) is 8.13. The highest BCUT2D eigenvalue weighted by Crippen LogP contribution is 2.29. The molecule has 0 unspecified atom stereocenters. The van der Waals surface area contributed by atoms with E-state index in [1.54, 1.807) is 36.4 Å². The first-order valence-corrected chi connectivity index (χ1v) is 7.98. The van der Waals surface area contributed by atoms with Crippen LogP contribution < -0.4 is 20.1 Å². The largest absolute Gasteiger partial charge is 0.497 e. The van der Waals surface area contributed by atoms with Gasteiger partial charge in [-0.3, -0.25) is 4.79 Å². The SMILES string of the molecule is COc1ccc(OC)c(NC(=O)c2ccnc(Nc3ccccc3F)n2)c1. The molecule has 0 bridgehead atoms. The number of nitrogens with one attached hydrogen (secondary N) is 2. The van der Waals surface area contributed by atoms with E-state index in [4.69, 9.17) is 9.47 Å². The van der Waals surface area contributed by atoms with Gasteiger partial charge >= 0.3 is 0 Å². The molecule has 0 radical (unpaired) electrons. The van der Waals surface area contributed by atoms with Crippen LogP contribution >= 0.6 is 0 Å². The van der Waals surface area contributed by atoms with Crippen molar-refractivity contribution in [3.05, 3.63) is 66.2 Å². The minimum atomic E-state index is -0.472. The molecule has 0 aliphatic heterocycles. The molecule has 8 heteroatoms. The van der Waals surface area contributed by atoms with E-state index in [1.165, 1.54) is 32.5 Å². The molecule has 1 aromatic heterocycles. The van der Waals surface area contributed by atoms with Gasteiger partial charge in [-0.2, -0.15) is 0 Å². The summed E-state index contributed by atoms with van der Waals surface area (Å²) in [6, 6.07) is 12.6. The Morgan fingerprint density at radius 3 is 2.59 bits per heavy atom. The zero-order valence-electron chi connectivity index (χ0n) is 14.7. The maximum Gasteiger partial charge on any atom is 0.274 e. The van der Waals surface area contributed by atoms with Crippen molar-refractivity contribution in [3.63, 3.8) is 0 Å². The van der Waals surface area contributed by atoms with Crippen molar-refractivity contribution in [1.29, 1.82) is 0 Å². The van der Waals surface area contributed by atoms with Crippen molar-refractivity contribution >= 4 is 23.2 Å². The number of hydrogen-bond acceptors (Lipinski definition) is 6. The van der Waals surface area contributed by atoms with Crippen LogP contribution in [0.4, 0.5) is 21.7 Å². The molecule has 1 amide bonds. The number of carbonyl (C=O) groups excluding carboxylic acids is 1.